The number of furan rings is 1. The van der Waals surface area contributed by atoms with Crippen molar-refractivity contribution in [2.45, 2.75) is 32.4 Å². The molecule has 1 N–H and O–H groups in total. The number of rotatable bonds is 4. The number of anilines is 1. The summed E-state index contributed by atoms with van der Waals surface area (Å²) in [6.07, 6.45) is -3.11. The van der Waals surface area contributed by atoms with Gasteiger partial charge >= 0.3 is 6.18 Å². The normalized spacial score (nSPS) is 12.0. The molecule has 1 heterocycles. The fraction of sp³-hybridized carbons (Fsp3) is 0.250. The molecule has 142 valence electrons. The third kappa shape index (κ3) is 4.27. The van der Waals surface area contributed by atoms with Crippen molar-refractivity contribution in [1.29, 1.82) is 0 Å². The van der Waals surface area contributed by atoms with E-state index in [2.05, 4.69) is 19.2 Å². The van der Waals surface area contributed by atoms with Gasteiger partial charge in [0.25, 0.3) is 0 Å². The molecule has 0 spiro atoms. The number of fused-ring (bicyclic) bond motifs is 1. The van der Waals surface area contributed by atoms with Crippen molar-refractivity contribution in [3.8, 4) is 0 Å². The first-order chi connectivity index (χ1) is 12.6. The van der Waals surface area contributed by atoms with Crippen molar-refractivity contribution in [3.63, 3.8) is 0 Å². The number of benzene rings is 2. The standard InChI is InChI=1S/C20H17ClF3NO2/c1-11(2)12-3-6-18-15(7-12)13(10-27-18)8-19(26)25-14-4-5-17(21)16(9-14)20(22,23)24/h3-7,9-11H,8H2,1-2H3,(H,25,26). The summed E-state index contributed by atoms with van der Waals surface area (Å²) in [6.45, 7) is 4.12. The highest BCUT2D eigenvalue weighted by Crippen LogP contribution is 2.36. The lowest BCUT2D eigenvalue weighted by molar-refractivity contribution is -0.137. The minimum atomic E-state index is -4.59. The van der Waals surface area contributed by atoms with Crippen LogP contribution in [0.3, 0.4) is 0 Å². The molecule has 1 aromatic heterocycles. The summed E-state index contributed by atoms with van der Waals surface area (Å²) in [5.41, 5.74) is 1.49. The highest BCUT2D eigenvalue weighted by molar-refractivity contribution is 6.31. The monoisotopic (exact) mass is 395 g/mol. The zero-order valence-electron chi connectivity index (χ0n) is 14.7. The Bertz CT molecular complexity index is 993. The molecule has 0 saturated heterocycles. The molecule has 1 amide bonds. The maximum absolute atomic E-state index is 12.9. The number of carbonyl (C=O) groups is 1. The summed E-state index contributed by atoms with van der Waals surface area (Å²) < 4.78 is 44.3. The molecule has 3 nitrogen and oxygen atoms in total. The number of nitrogens with one attached hydrogen (secondary N) is 1. The lowest BCUT2D eigenvalue weighted by atomic mass is 10.00. The third-order valence-corrected chi connectivity index (χ3v) is 4.58. The van der Waals surface area contributed by atoms with Crippen LogP contribution in [0.2, 0.25) is 5.02 Å². The molecule has 27 heavy (non-hydrogen) atoms. The van der Waals surface area contributed by atoms with Crippen LogP contribution in [-0.4, -0.2) is 5.91 Å². The van der Waals surface area contributed by atoms with Gasteiger partial charge in [-0.2, -0.15) is 13.2 Å². The number of carbonyl (C=O) groups excluding carboxylic acids is 1. The first kappa shape index (κ1) is 19.3. The van der Waals surface area contributed by atoms with Gasteiger partial charge in [-0.25, -0.2) is 0 Å². The minimum absolute atomic E-state index is 0.0154. The zero-order chi connectivity index (χ0) is 19.8. The average molecular weight is 396 g/mol. The molecule has 3 rings (SSSR count). The van der Waals surface area contributed by atoms with E-state index in [9.17, 15) is 18.0 Å². The second-order valence-corrected chi connectivity index (χ2v) is 7.00. The van der Waals surface area contributed by atoms with Crippen LogP contribution >= 0.6 is 11.6 Å². The van der Waals surface area contributed by atoms with E-state index in [1.54, 1.807) is 0 Å². The Labute approximate surface area is 159 Å². The summed E-state index contributed by atoms with van der Waals surface area (Å²) in [7, 11) is 0. The Balaban J connectivity index is 1.81. The fourth-order valence-electron chi connectivity index (χ4n) is 2.79. The molecule has 0 aliphatic carbocycles. The SMILES string of the molecule is CC(C)c1ccc2occ(CC(=O)Nc3ccc(Cl)c(C(F)(F)F)c3)c2c1. The first-order valence-corrected chi connectivity index (χ1v) is 8.69. The molecule has 0 bridgehead atoms. The summed E-state index contributed by atoms with van der Waals surface area (Å²) in [4.78, 5) is 12.3. The molecule has 0 fully saturated rings. The topological polar surface area (TPSA) is 42.2 Å². The average Bonchev–Trinajstić information content (AvgIpc) is 2.97. The van der Waals surface area contributed by atoms with Gasteiger partial charge in [-0.3, -0.25) is 4.79 Å². The van der Waals surface area contributed by atoms with Crippen molar-refractivity contribution in [3.05, 3.63) is 64.4 Å². The highest BCUT2D eigenvalue weighted by atomic mass is 35.5. The molecule has 0 aliphatic rings. The quantitative estimate of drug-likeness (QED) is 0.554. The molecule has 2 aromatic carbocycles. The van der Waals surface area contributed by atoms with E-state index >= 15 is 0 Å². The molecule has 0 radical (unpaired) electrons. The van der Waals surface area contributed by atoms with E-state index in [4.69, 9.17) is 16.0 Å². The molecule has 7 heteroatoms. The Morgan fingerprint density at radius 3 is 2.59 bits per heavy atom. The van der Waals surface area contributed by atoms with Gasteiger partial charge in [0.2, 0.25) is 5.91 Å². The van der Waals surface area contributed by atoms with Crippen molar-refractivity contribution in [2.24, 2.45) is 0 Å². The minimum Gasteiger partial charge on any atom is -0.464 e. The number of hydrogen-bond donors (Lipinski definition) is 1. The summed E-state index contributed by atoms with van der Waals surface area (Å²) in [5, 5.41) is 2.89. The van der Waals surface area contributed by atoms with Gasteiger partial charge < -0.3 is 9.73 Å². The van der Waals surface area contributed by atoms with Crippen LogP contribution < -0.4 is 5.32 Å². The van der Waals surface area contributed by atoms with Gasteiger partial charge in [0.15, 0.2) is 0 Å². The van der Waals surface area contributed by atoms with Crippen molar-refractivity contribution >= 4 is 34.2 Å². The predicted octanol–water partition coefficient (Wildman–Crippen LogP) is 6.41. The predicted molar refractivity (Wildman–Crippen MR) is 99.1 cm³/mol. The van der Waals surface area contributed by atoms with Crippen LogP contribution in [0, 0.1) is 0 Å². The van der Waals surface area contributed by atoms with Gasteiger partial charge in [0.05, 0.1) is 23.3 Å². The first-order valence-electron chi connectivity index (χ1n) is 8.32. The zero-order valence-corrected chi connectivity index (χ0v) is 15.4. The second-order valence-electron chi connectivity index (χ2n) is 6.59. The Morgan fingerprint density at radius 1 is 1.19 bits per heavy atom. The van der Waals surface area contributed by atoms with Crippen LogP contribution in [-0.2, 0) is 17.4 Å². The van der Waals surface area contributed by atoms with E-state index in [1.165, 1.54) is 12.3 Å². The van der Waals surface area contributed by atoms with Crippen molar-refractivity contribution in [1.82, 2.24) is 0 Å². The smallest absolute Gasteiger partial charge is 0.417 e. The van der Waals surface area contributed by atoms with Gasteiger partial charge in [0, 0.05) is 16.6 Å². The Kier molecular flexibility index (Phi) is 5.20. The number of halogens is 4. The Morgan fingerprint density at radius 2 is 1.93 bits per heavy atom. The molecular formula is C20H17ClF3NO2. The van der Waals surface area contributed by atoms with Gasteiger partial charge in [-0.15, -0.1) is 0 Å². The van der Waals surface area contributed by atoms with Crippen LogP contribution in [0.5, 0.6) is 0 Å². The molecule has 0 atom stereocenters. The summed E-state index contributed by atoms with van der Waals surface area (Å²) >= 11 is 5.59. The Hall–Kier alpha value is -2.47. The molecule has 3 aromatic rings. The number of alkyl halides is 3. The maximum Gasteiger partial charge on any atom is 0.417 e. The van der Waals surface area contributed by atoms with E-state index in [0.717, 1.165) is 23.1 Å². The van der Waals surface area contributed by atoms with Crippen molar-refractivity contribution in [2.75, 3.05) is 5.32 Å². The van der Waals surface area contributed by atoms with E-state index in [0.29, 0.717) is 17.1 Å². The van der Waals surface area contributed by atoms with Crippen LogP contribution in [0.15, 0.2) is 47.1 Å². The van der Waals surface area contributed by atoms with Gasteiger partial charge in [-0.1, -0.05) is 31.5 Å². The van der Waals surface area contributed by atoms with Crippen molar-refractivity contribution < 1.29 is 22.4 Å². The highest BCUT2D eigenvalue weighted by Gasteiger charge is 2.33. The third-order valence-electron chi connectivity index (χ3n) is 4.25. The summed E-state index contributed by atoms with van der Waals surface area (Å²) in [6, 6.07) is 9.05. The van der Waals surface area contributed by atoms with Gasteiger partial charge in [-0.05, 0) is 41.8 Å². The van der Waals surface area contributed by atoms with Crippen LogP contribution in [0.1, 0.15) is 36.5 Å². The fourth-order valence-corrected chi connectivity index (χ4v) is 3.02. The molecule has 0 aliphatic heterocycles. The lowest BCUT2D eigenvalue weighted by Crippen LogP contribution is -2.15. The van der Waals surface area contributed by atoms with Gasteiger partial charge in [0.1, 0.15) is 5.58 Å². The molecule has 0 saturated carbocycles. The van der Waals surface area contributed by atoms with E-state index in [-0.39, 0.29) is 12.1 Å². The van der Waals surface area contributed by atoms with Crippen LogP contribution in [0.4, 0.5) is 18.9 Å². The van der Waals surface area contributed by atoms with Crippen LogP contribution in [0.25, 0.3) is 11.0 Å². The second kappa shape index (κ2) is 7.27. The lowest BCUT2D eigenvalue weighted by Gasteiger charge is -2.11. The largest absolute Gasteiger partial charge is 0.464 e. The number of hydrogen-bond acceptors (Lipinski definition) is 2. The summed E-state index contributed by atoms with van der Waals surface area (Å²) in [5.74, 6) is -0.121. The molecule has 0 unspecified atom stereocenters. The van der Waals surface area contributed by atoms with E-state index in [1.807, 2.05) is 18.2 Å². The van der Waals surface area contributed by atoms with E-state index < -0.39 is 22.7 Å². The molecular weight excluding hydrogens is 379 g/mol. The maximum atomic E-state index is 12.9. The number of amides is 1.